The van der Waals surface area contributed by atoms with E-state index in [1.165, 1.54) is 5.75 Å². The minimum Gasteiger partial charge on any atom is -0.298 e. The quantitative estimate of drug-likeness (QED) is 0.851. The molecule has 1 aliphatic rings. The van der Waals surface area contributed by atoms with Crippen molar-refractivity contribution < 1.29 is 4.79 Å². The summed E-state index contributed by atoms with van der Waals surface area (Å²) in [6, 6.07) is 2.03. The van der Waals surface area contributed by atoms with E-state index >= 15 is 0 Å². The molecule has 0 aliphatic carbocycles. The van der Waals surface area contributed by atoms with Crippen molar-refractivity contribution in [3.8, 4) is 0 Å². The van der Waals surface area contributed by atoms with Crippen LogP contribution in [0.25, 0.3) is 0 Å². The van der Waals surface area contributed by atoms with E-state index in [0.29, 0.717) is 17.5 Å². The van der Waals surface area contributed by atoms with Crippen molar-refractivity contribution in [1.82, 2.24) is 9.78 Å². The van der Waals surface area contributed by atoms with Gasteiger partial charge in [0.25, 0.3) is 0 Å². The maximum Gasteiger partial charge on any atom is 0.152 e. The first kappa shape index (κ1) is 14.0. The Kier molecular flexibility index (Phi) is 4.78. The van der Waals surface area contributed by atoms with Crippen LogP contribution in [0.2, 0.25) is 0 Å². The van der Waals surface area contributed by atoms with E-state index in [1.54, 1.807) is 0 Å². The lowest BCUT2D eigenvalue weighted by atomic mass is 10.1. The van der Waals surface area contributed by atoms with E-state index in [2.05, 4.69) is 18.9 Å². The number of aryl methyl sites for hydroxylation is 2. The number of hydrogen-bond acceptors (Lipinski definition) is 4. The monoisotopic (exact) mass is 284 g/mol. The number of Topliss-reactive ketones (excluding diaryl/α,β-unsaturated/α-hetero) is 1. The molecule has 2 atom stereocenters. The standard InChI is InChI=1S/C13H20N2OS2/c1-4-15-11(7-9(2)14-15)8-12(16)13-10(3)17-5-6-18-13/h7,10,13H,4-6,8H2,1-3H3. The largest absolute Gasteiger partial charge is 0.298 e. The van der Waals surface area contributed by atoms with Gasteiger partial charge in [0.05, 0.1) is 10.9 Å². The Morgan fingerprint density at radius 3 is 2.89 bits per heavy atom. The highest BCUT2D eigenvalue weighted by atomic mass is 32.2. The van der Waals surface area contributed by atoms with Crippen LogP contribution in [-0.4, -0.2) is 37.6 Å². The first-order valence-electron chi connectivity index (χ1n) is 6.41. The summed E-state index contributed by atoms with van der Waals surface area (Å²) in [4.78, 5) is 12.4. The van der Waals surface area contributed by atoms with Gasteiger partial charge in [0.15, 0.2) is 5.78 Å². The third-order valence-electron chi connectivity index (χ3n) is 3.15. The van der Waals surface area contributed by atoms with Gasteiger partial charge in [-0.2, -0.15) is 16.9 Å². The lowest BCUT2D eigenvalue weighted by Gasteiger charge is -2.26. The number of thioether (sulfide) groups is 2. The second-order valence-electron chi connectivity index (χ2n) is 4.60. The predicted octanol–water partition coefficient (Wildman–Crippen LogP) is 2.56. The van der Waals surface area contributed by atoms with Gasteiger partial charge in [-0.15, -0.1) is 11.8 Å². The van der Waals surface area contributed by atoms with Crippen LogP contribution in [0, 0.1) is 6.92 Å². The molecule has 0 spiro atoms. The predicted molar refractivity (Wildman–Crippen MR) is 79.5 cm³/mol. The van der Waals surface area contributed by atoms with Gasteiger partial charge < -0.3 is 0 Å². The minimum absolute atomic E-state index is 0.157. The molecule has 1 fully saturated rings. The average Bonchev–Trinajstić information content (AvgIpc) is 2.70. The zero-order chi connectivity index (χ0) is 13.1. The van der Waals surface area contributed by atoms with Crippen LogP contribution < -0.4 is 0 Å². The fourth-order valence-electron chi connectivity index (χ4n) is 2.28. The number of carbonyl (C=O) groups excluding carboxylic acids is 1. The summed E-state index contributed by atoms with van der Waals surface area (Å²) in [5.74, 6) is 2.62. The molecule has 1 aromatic heterocycles. The summed E-state index contributed by atoms with van der Waals surface area (Å²) >= 11 is 3.73. The fraction of sp³-hybridized carbons (Fsp3) is 0.692. The van der Waals surface area contributed by atoms with Crippen LogP contribution in [0.15, 0.2) is 6.07 Å². The molecular formula is C13H20N2OS2. The average molecular weight is 284 g/mol. The Bertz CT molecular complexity index is 431. The van der Waals surface area contributed by atoms with E-state index in [4.69, 9.17) is 0 Å². The van der Waals surface area contributed by atoms with E-state index in [0.717, 1.165) is 23.7 Å². The van der Waals surface area contributed by atoms with Crippen molar-refractivity contribution in [2.24, 2.45) is 0 Å². The van der Waals surface area contributed by atoms with Crippen LogP contribution in [0.5, 0.6) is 0 Å². The molecule has 0 N–H and O–H groups in total. The van der Waals surface area contributed by atoms with Gasteiger partial charge in [0.1, 0.15) is 0 Å². The smallest absolute Gasteiger partial charge is 0.152 e. The number of rotatable bonds is 4. The third-order valence-corrected chi connectivity index (χ3v) is 6.28. The molecule has 1 aromatic rings. The zero-order valence-corrected chi connectivity index (χ0v) is 12.8. The van der Waals surface area contributed by atoms with Crippen LogP contribution in [0.4, 0.5) is 0 Å². The van der Waals surface area contributed by atoms with Gasteiger partial charge in [-0.25, -0.2) is 0 Å². The number of carbonyl (C=O) groups is 1. The minimum atomic E-state index is 0.157. The summed E-state index contributed by atoms with van der Waals surface area (Å²) in [5, 5.41) is 5.00. The SMILES string of the molecule is CCn1nc(C)cc1CC(=O)C1SCCSC1C. The van der Waals surface area contributed by atoms with Crippen molar-refractivity contribution in [2.75, 3.05) is 11.5 Å². The van der Waals surface area contributed by atoms with Gasteiger partial charge >= 0.3 is 0 Å². The molecular weight excluding hydrogens is 264 g/mol. The second kappa shape index (κ2) is 6.15. The Labute approximate surface area is 117 Å². The Hall–Kier alpha value is -0.420. The van der Waals surface area contributed by atoms with Crippen molar-refractivity contribution in [3.05, 3.63) is 17.5 Å². The molecule has 3 nitrogen and oxygen atoms in total. The van der Waals surface area contributed by atoms with Crippen LogP contribution >= 0.6 is 23.5 Å². The molecule has 18 heavy (non-hydrogen) atoms. The van der Waals surface area contributed by atoms with Crippen molar-refractivity contribution in [1.29, 1.82) is 0 Å². The van der Waals surface area contributed by atoms with Gasteiger partial charge in [-0.05, 0) is 19.9 Å². The van der Waals surface area contributed by atoms with Gasteiger partial charge in [0.2, 0.25) is 0 Å². The molecule has 100 valence electrons. The first-order chi connectivity index (χ1) is 8.61. The van der Waals surface area contributed by atoms with Crippen molar-refractivity contribution in [3.63, 3.8) is 0 Å². The van der Waals surface area contributed by atoms with Crippen molar-refractivity contribution >= 4 is 29.3 Å². The number of hydrogen-bond donors (Lipinski definition) is 0. The Morgan fingerprint density at radius 1 is 1.50 bits per heavy atom. The number of ketones is 1. The maximum absolute atomic E-state index is 12.4. The molecule has 2 rings (SSSR count). The molecule has 5 heteroatoms. The molecule has 1 saturated heterocycles. The Morgan fingerprint density at radius 2 is 2.22 bits per heavy atom. The highest BCUT2D eigenvalue weighted by Crippen LogP contribution is 2.32. The Balaban J connectivity index is 2.05. The molecule has 0 radical (unpaired) electrons. The first-order valence-corrected chi connectivity index (χ1v) is 8.50. The molecule has 0 bridgehead atoms. The summed E-state index contributed by atoms with van der Waals surface area (Å²) in [6.07, 6.45) is 0.525. The summed E-state index contributed by atoms with van der Waals surface area (Å²) in [6.45, 7) is 7.04. The summed E-state index contributed by atoms with van der Waals surface area (Å²) in [7, 11) is 0. The molecule has 0 aromatic carbocycles. The summed E-state index contributed by atoms with van der Waals surface area (Å²) in [5.41, 5.74) is 2.06. The molecule has 2 heterocycles. The van der Waals surface area contributed by atoms with E-state index < -0.39 is 0 Å². The maximum atomic E-state index is 12.4. The highest BCUT2D eigenvalue weighted by molar-refractivity contribution is 8.07. The van der Waals surface area contributed by atoms with E-state index in [1.807, 2.05) is 41.2 Å². The fourth-order valence-corrected chi connectivity index (χ4v) is 5.01. The van der Waals surface area contributed by atoms with Gasteiger partial charge in [-0.1, -0.05) is 6.92 Å². The lowest BCUT2D eigenvalue weighted by molar-refractivity contribution is -0.118. The van der Waals surface area contributed by atoms with Crippen molar-refractivity contribution in [2.45, 2.75) is 44.2 Å². The van der Waals surface area contributed by atoms with Gasteiger partial charge in [-0.3, -0.25) is 9.48 Å². The molecule has 0 amide bonds. The number of aromatic nitrogens is 2. The van der Waals surface area contributed by atoms with E-state index in [-0.39, 0.29) is 5.25 Å². The number of nitrogens with zero attached hydrogens (tertiary/aromatic N) is 2. The molecule has 2 unspecified atom stereocenters. The molecule has 1 aliphatic heterocycles. The lowest BCUT2D eigenvalue weighted by Crippen LogP contribution is -2.32. The van der Waals surface area contributed by atoms with Gasteiger partial charge in [0, 0.05) is 35.4 Å². The second-order valence-corrected chi connectivity index (χ2v) is 7.34. The topological polar surface area (TPSA) is 34.9 Å². The van der Waals surface area contributed by atoms with Crippen LogP contribution in [0.1, 0.15) is 25.2 Å². The zero-order valence-electron chi connectivity index (χ0n) is 11.2. The van der Waals surface area contributed by atoms with E-state index in [9.17, 15) is 4.79 Å². The highest BCUT2D eigenvalue weighted by Gasteiger charge is 2.29. The van der Waals surface area contributed by atoms with Crippen LogP contribution in [0.3, 0.4) is 0 Å². The summed E-state index contributed by atoms with van der Waals surface area (Å²) < 4.78 is 1.94. The van der Waals surface area contributed by atoms with Crippen LogP contribution in [-0.2, 0) is 17.8 Å². The normalized spacial score (nSPS) is 24.2. The third kappa shape index (κ3) is 3.12. The molecule has 0 saturated carbocycles.